The van der Waals surface area contributed by atoms with Gasteiger partial charge in [0.25, 0.3) is 5.91 Å². The standard InChI is InChI=1S/C24H21FN2O2S/c1-15-8-13-20(21(14-15)29-3)24-27(23(28)19-7-5-4-6-16(19)2)26-22(30-24)17-9-11-18(25)12-10-17/h4-14,24H,1-3H3. The number of halogens is 1. The van der Waals surface area contributed by atoms with Gasteiger partial charge in [-0.25, -0.2) is 9.40 Å². The molecule has 0 aromatic heterocycles. The molecule has 0 aliphatic carbocycles. The highest BCUT2D eigenvalue weighted by atomic mass is 32.2. The van der Waals surface area contributed by atoms with E-state index in [1.807, 2.05) is 50.2 Å². The van der Waals surface area contributed by atoms with Crippen molar-refractivity contribution in [1.82, 2.24) is 5.01 Å². The summed E-state index contributed by atoms with van der Waals surface area (Å²) in [6.45, 7) is 3.90. The van der Waals surface area contributed by atoms with Crippen LogP contribution in [0.25, 0.3) is 0 Å². The molecule has 1 heterocycles. The third-order valence-electron chi connectivity index (χ3n) is 4.97. The smallest absolute Gasteiger partial charge is 0.275 e. The zero-order chi connectivity index (χ0) is 21.3. The van der Waals surface area contributed by atoms with Crippen LogP contribution in [0.4, 0.5) is 4.39 Å². The van der Waals surface area contributed by atoms with Crippen LogP contribution in [0.15, 0.2) is 71.8 Å². The van der Waals surface area contributed by atoms with E-state index in [0.29, 0.717) is 16.4 Å². The van der Waals surface area contributed by atoms with Crippen LogP contribution in [0.5, 0.6) is 5.75 Å². The summed E-state index contributed by atoms with van der Waals surface area (Å²) in [6.07, 6.45) is 0. The Morgan fingerprint density at radius 2 is 1.80 bits per heavy atom. The van der Waals surface area contributed by atoms with Gasteiger partial charge in [0.15, 0.2) is 0 Å². The van der Waals surface area contributed by atoms with Crippen LogP contribution in [-0.4, -0.2) is 23.1 Å². The Kier molecular flexibility index (Phi) is 5.59. The van der Waals surface area contributed by atoms with E-state index in [-0.39, 0.29) is 11.7 Å². The first kappa shape index (κ1) is 20.2. The average molecular weight is 421 g/mol. The van der Waals surface area contributed by atoms with Gasteiger partial charge in [-0.15, -0.1) is 0 Å². The van der Waals surface area contributed by atoms with Crippen molar-refractivity contribution in [3.05, 3.63) is 100 Å². The lowest BCUT2D eigenvalue weighted by Gasteiger charge is -2.23. The summed E-state index contributed by atoms with van der Waals surface area (Å²) < 4.78 is 19.0. The highest BCUT2D eigenvalue weighted by Crippen LogP contribution is 2.45. The molecule has 1 unspecified atom stereocenters. The molecule has 1 aliphatic rings. The third kappa shape index (κ3) is 3.83. The Morgan fingerprint density at radius 1 is 1.07 bits per heavy atom. The normalized spacial score (nSPS) is 15.8. The fourth-order valence-electron chi connectivity index (χ4n) is 3.35. The number of benzene rings is 3. The Balaban J connectivity index is 1.79. The van der Waals surface area contributed by atoms with Crippen molar-refractivity contribution in [2.45, 2.75) is 19.2 Å². The highest BCUT2D eigenvalue weighted by molar-refractivity contribution is 8.14. The van der Waals surface area contributed by atoms with Crippen molar-refractivity contribution in [3.63, 3.8) is 0 Å². The number of ether oxygens (including phenoxy) is 1. The Morgan fingerprint density at radius 3 is 2.50 bits per heavy atom. The van der Waals surface area contributed by atoms with E-state index in [9.17, 15) is 9.18 Å². The van der Waals surface area contributed by atoms with Crippen LogP contribution in [-0.2, 0) is 0 Å². The summed E-state index contributed by atoms with van der Waals surface area (Å²) in [7, 11) is 1.62. The van der Waals surface area contributed by atoms with Crippen LogP contribution >= 0.6 is 11.8 Å². The van der Waals surface area contributed by atoms with Gasteiger partial charge in [-0.3, -0.25) is 4.79 Å². The molecule has 4 nitrogen and oxygen atoms in total. The molecule has 3 aromatic carbocycles. The Hall–Kier alpha value is -3.12. The molecular weight excluding hydrogens is 399 g/mol. The zero-order valence-electron chi connectivity index (χ0n) is 16.9. The minimum Gasteiger partial charge on any atom is -0.496 e. The maximum absolute atomic E-state index is 13.5. The van der Waals surface area contributed by atoms with Gasteiger partial charge in [0, 0.05) is 16.7 Å². The van der Waals surface area contributed by atoms with Crippen LogP contribution in [0, 0.1) is 19.7 Å². The summed E-state index contributed by atoms with van der Waals surface area (Å²) in [5.41, 5.74) is 4.16. The molecular formula is C24H21FN2O2S. The van der Waals surface area contributed by atoms with Crippen molar-refractivity contribution in [2.24, 2.45) is 5.10 Å². The molecule has 0 saturated carbocycles. The summed E-state index contributed by atoms with van der Waals surface area (Å²) in [5.74, 6) is 0.197. The fourth-order valence-corrected chi connectivity index (χ4v) is 4.54. The van der Waals surface area contributed by atoms with Gasteiger partial charge >= 0.3 is 0 Å². The molecule has 0 spiro atoms. The van der Waals surface area contributed by atoms with Crippen molar-refractivity contribution in [2.75, 3.05) is 7.11 Å². The number of hydrogen-bond donors (Lipinski definition) is 0. The number of aryl methyl sites for hydroxylation is 2. The van der Waals surface area contributed by atoms with Gasteiger partial charge in [0.2, 0.25) is 0 Å². The number of nitrogens with zero attached hydrogens (tertiary/aromatic N) is 2. The van der Waals surface area contributed by atoms with Crippen molar-refractivity contribution in [1.29, 1.82) is 0 Å². The van der Waals surface area contributed by atoms with Gasteiger partial charge in [0.1, 0.15) is 22.0 Å². The molecule has 0 bridgehead atoms. The Labute approximate surface area is 179 Å². The number of thioether (sulfide) groups is 1. The van der Waals surface area contributed by atoms with Gasteiger partial charge in [0.05, 0.1) is 7.11 Å². The summed E-state index contributed by atoms with van der Waals surface area (Å²) in [6, 6.07) is 19.5. The SMILES string of the molecule is COc1cc(C)ccc1C1SC(c2ccc(F)cc2)=NN1C(=O)c1ccccc1C. The van der Waals surface area contributed by atoms with E-state index in [0.717, 1.165) is 22.3 Å². The second kappa shape index (κ2) is 8.32. The summed E-state index contributed by atoms with van der Waals surface area (Å²) in [4.78, 5) is 13.5. The number of carbonyl (C=O) groups excluding carboxylic acids is 1. The number of hydrogen-bond acceptors (Lipinski definition) is 4. The molecule has 0 N–H and O–H groups in total. The number of amides is 1. The molecule has 4 rings (SSSR count). The predicted octanol–water partition coefficient (Wildman–Crippen LogP) is 5.70. The highest BCUT2D eigenvalue weighted by Gasteiger charge is 2.36. The minimum absolute atomic E-state index is 0.190. The van der Waals surface area contributed by atoms with E-state index in [1.165, 1.54) is 28.9 Å². The second-order valence-corrected chi connectivity index (χ2v) is 8.16. The van der Waals surface area contributed by atoms with Crippen LogP contribution in [0.2, 0.25) is 0 Å². The second-order valence-electron chi connectivity index (χ2n) is 7.09. The maximum Gasteiger partial charge on any atom is 0.275 e. The molecule has 30 heavy (non-hydrogen) atoms. The minimum atomic E-state index is -0.396. The van der Waals surface area contributed by atoms with Gasteiger partial charge in [-0.1, -0.05) is 42.1 Å². The van der Waals surface area contributed by atoms with Gasteiger partial charge in [-0.2, -0.15) is 5.10 Å². The predicted molar refractivity (Wildman–Crippen MR) is 118 cm³/mol. The summed E-state index contributed by atoms with van der Waals surface area (Å²) in [5, 5.41) is 6.41. The average Bonchev–Trinajstić information content (AvgIpc) is 3.19. The first-order chi connectivity index (χ1) is 14.5. The lowest BCUT2D eigenvalue weighted by Crippen LogP contribution is -2.27. The molecule has 152 valence electrons. The van der Waals surface area contributed by atoms with E-state index < -0.39 is 5.37 Å². The van der Waals surface area contributed by atoms with E-state index in [2.05, 4.69) is 5.10 Å². The first-order valence-corrected chi connectivity index (χ1v) is 10.4. The van der Waals surface area contributed by atoms with Crippen LogP contribution < -0.4 is 4.74 Å². The molecule has 1 amide bonds. The van der Waals surface area contributed by atoms with E-state index >= 15 is 0 Å². The zero-order valence-corrected chi connectivity index (χ0v) is 17.7. The molecule has 0 fully saturated rings. The number of methoxy groups -OCH3 is 1. The van der Waals surface area contributed by atoms with Gasteiger partial charge in [-0.05, 0) is 61.4 Å². The topological polar surface area (TPSA) is 41.9 Å². The molecule has 1 atom stereocenters. The number of rotatable bonds is 4. The lowest BCUT2D eigenvalue weighted by atomic mass is 10.1. The van der Waals surface area contributed by atoms with Crippen molar-refractivity contribution in [3.8, 4) is 5.75 Å². The van der Waals surface area contributed by atoms with Crippen LogP contribution in [0.3, 0.4) is 0 Å². The molecule has 6 heteroatoms. The maximum atomic E-state index is 13.5. The van der Waals surface area contributed by atoms with Crippen LogP contribution in [0.1, 0.15) is 38.0 Å². The van der Waals surface area contributed by atoms with Crippen molar-refractivity contribution < 1.29 is 13.9 Å². The largest absolute Gasteiger partial charge is 0.496 e. The van der Waals surface area contributed by atoms with E-state index in [1.54, 1.807) is 25.3 Å². The molecule has 1 aliphatic heterocycles. The molecule has 0 radical (unpaired) electrons. The lowest BCUT2D eigenvalue weighted by molar-refractivity contribution is 0.0747. The number of carbonyl (C=O) groups is 1. The third-order valence-corrected chi connectivity index (χ3v) is 6.19. The molecule has 0 saturated heterocycles. The molecule has 3 aromatic rings. The fraction of sp³-hybridized carbons (Fsp3) is 0.167. The first-order valence-electron chi connectivity index (χ1n) is 9.53. The van der Waals surface area contributed by atoms with Gasteiger partial charge < -0.3 is 4.74 Å². The van der Waals surface area contributed by atoms with Crippen molar-refractivity contribution >= 4 is 22.7 Å². The quantitative estimate of drug-likeness (QED) is 0.544. The summed E-state index contributed by atoms with van der Waals surface area (Å²) >= 11 is 1.45. The van der Waals surface area contributed by atoms with E-state index in [4.69, 9.17) is 4.74 Å². The Bertz CT molecular complexity index is 1130. The number of hydrazone groups is 1. The monoisotopic (exact) mass is 420 g/mol.